The number of likely N-dealkylation sites (N-methyl/N-ethyl adjacent to an activating group) is 1. The first kappa shape index (κ1) is 15.4. The van der Waals surface area contributed by atoms with Crippen molar-refractivity contribution in [3.05, 3.63) is 71.2 Å². The largest absolute Gasteiger partial charge is 0.333 e. The van der Waals surface area contributed by atoms with Crippen molar-refractivity contribution >= 4 is 33.5 Å². The predicted octanol–water partition coefficient (Wildman–Crippen LogP) is 4.53. The molecule has 0 radical (unpaired) electrons. The van der Waals surface area contributed by atoms with Crippen LogP contribution in [0.3, 0.4) is 0 Å². The second-order valence-corrected chi connectivity index (χ2v) is 6.45. The summed E-state index contributed by atoms with van der Waals surface area (Å²) in [5.41, 5.74) is 2.00. The highest BCUT2D eigenvalue weighted by molar-refractivity contribution is 7.18. The van der Waals surface area contributed by atoms with Crippen LogP contribution >= 0.6 is 11.3 Å². The number of amides is 1. The van der Waals surface area contributed by atoms with E-state index in [4.69, 9.17) is 0 Å². The third-order valence-corrected chi connectivity index (χ3v) is 5.02. The molecule has 0 N–H and O–H groups in total. The lowest BCUT2D eigenvalue weighted by Gasteiger charge is -2.21. The van der Waals surface area contributed by atoms with Crippen LogP contribution in [0.25, 0.3) is 16.3 Å². The molecule has 0 aliphatic carbocycles. The van der Waals surface area contributed by atoms with Gasteiger partial charge in [-0.25, -0.2) is 4.98 Å². The summed E-state index contributed by atoms with van der Waals surface area (Å²) in [6.45, 7) is 2.01. The number of hydrogen-bond donors (Lipinski definition) is 0. The number of carbonyl (C=O) groups excluding carboxylic acids is 1. The van der Waals surface area contributed by atoms with Crippen LogP contribution in [-0.2, 0) is 4.79 Å². The SMILES string of the molecule is CC(c1nc2ccccc2s1)N(C)C(=O)/C=C/c1ccccc1. The van der Waals surface area contributed by atoms with Gasteiger partial charge in [0.15, 0.2) is 0 Å². The van der Waals surface area contributed by atoms with Crippen molar-refractivity contribution in [2.75, 3.05) is 7.05 Å². The quantitative estimate of drug-likeness (QED) is 0.661. The molecule has 2 aromatic carbocycles. The standard InChI is InChI=1S/C19H18N2OS/c1-14(19-20-16-10-6-7-11-17(16)23-19)21(2)18(22)13-12-15-8-4-3-5-9-15/h3-14H,1-2H3/b13-12+. The van der Waals surface area contributed by atoms with Gasteiger partial charge in [0.1, 0.15) is 5.01 Å². The van der Waals surface area contributed by atoms with Crippen molar-refractivity contribution in [1.82, 2.24) is 9.88 Å². The minimum Gasteiger partial charge on any atom is -0.333 e. The summed E-state index contributed by atoms with van der Waals surface area (Å²) in [5, 5.41) is 0.954. The van der Waals surface area contributed by atoms with E-state index in [9.17, 15) is 4.79 Å². The number of carbonyl (C=O) groups is 1. The number of aromatic nitrogens is 1. The summed E-state index contributed by atoms with van der Waals surface area (Å²) in [5.74, 6) is -0.0272. The van der Waals surface area contributed by atoms with E-state index in [1.54, 1.807) is 22.3 Å². The average molecular weight is 322 g/mol. The molecule has 0 fully saturated rings. The van der Waals surface area contributed by atoms with Crippen molar-refractivity contribution in [2.24, 2.45) is 0 Å². The van der Waals surface area contributed by atoms with E-state index in [2.05, 4.69) is 11.1 Å². The van der Waals surface area contributed by atoms with Gasteiger partial charge >= 0.3 is 0 Å². The van der Waals surface area contributed by atoms with Crippen LogP contribution in [0.2, 0.25) is 0 Å². The molecule has 0 bridgehead atoms. The summed E-state index contributed by atoms with van der Waals surface area (Å²) in [4.78, 5) is 18.7. The minimum absolute atomic E-state index is 0.0272. The van der Waals surface area contributed by atoms with Gasteiger partial charge in [0, 0.05) is 13.1 Å². The van der Waals surface area contributed by atoms with Crippen molar-refractivity contribution in [3.8, 4) is 0 Å². The number of fused-ring (bicyclic) bond motifs is 1. The van der Waals surface area contributed by atoms with Crippen LogP contribution in [0.5, 0.6) is 0 Å². The number of nitrogens with zero attached hydrogens (tertiary/aromatic N) is 2. The number of para-hydroxylation sites is 1. The molecule has 23 heavy (non-hydrogen) atoms. The Morgan fingerprint density at radius 3 is 2.57 bits per heavy atom. The van der Waals surface area contributed by atoms with E-state index in [0.717, 1.165) is 20.8 Å². The molecular formula is C19H18N2OS. The summed E-state index contributed by atoms with van der Waals surface area (Å²) < 4.78 is 1.15. The normalized spacial score (nSPS) is 12.6. The highest BCUT2D eigenvalue weighted by Crippen LogP contribution is 2.28. The zero-order valence-corrected chi connectivity index (χ0v) is 14.0. The Bertz CT molecular complexity index is 806. The molecule has 3 nitrogen and oxygen atoms in total. The van der Waals surface area contributed by atoms with Gasteiger partial charge < -0.3 is 4.90 Å². The van der Waals surface area contributed by atoms with Crippen molar-refractivity contribution < 1.29 is 4.79 Å². The molecule has 1 atom stereocenters. The average Bonchev–Trinajstić information content (AvgIpc) is 3.03. The number of rotatable bonds is 4. The van der Waals surface area contributed by atoms with Gasteiger partial charge in [0.05, 0.1) is 16.3 Å². The Morgan fingerprint density at radius 1 is 1.13 bits per heavy atom. The van der Waals surface area contributed by atoms with Gasteiger partial charge in [-0.2, -0.15) is 0 Å². The molecule has 116 valence electrons. The summed E-state index contributed by atoms with van der Waals surface area (Å²) in [6.07, 6.45) is 3.45. The molecule has 1 unspecified atom stereocenters. The molecular weight excluding hydrogens is 304 g/mol. The topological polar surface area (TPSA) is 33.2 Å². The van der Waals surface area contributed by atoms with Crippen LogP contribution in [0.1, 0.15) is 23.5 Å². The predicted molar refractivity (Wildman–Crippen MR) is 96.3 cm³/mol. The van der Waals surface area contributed by atoms with E-state index in [1.807, 2.05) is 68.6 Å². The van der Waals surface area contributed by atoms with Gasteiger partial charge in [-0.15, -0.1) is 11.3 Å². The molecule has 3 rings (SSSR count). The lowest BCUT2D eigenvalue weighted by atomic mass is 10.2. The van der Waals surface area contributed by atoms with E-state index in [0.29, 0.717) is 0 Å². The van der Waals surface area contributed by atoms with Gasteiger partial charge in [-0.1, -0.05) is 42.5 Å². The van der Waals surface area contributed by atoms with E-state index >= 15 is 0 Å². The first-order chi connectivity index (χ1) is 11.1. The van der Waals surface area contributed by atoms with Crippen LogP contribution in [0.15, 0.2) is 60.7 Å². The lowest BCUT2D eigenvalue weighted by molar-refractivity contribution is -0.126. The maximum absolute atomic E-state index is 12.4. The van der Waals surface area contributed by atoms with Gasteiger partial charge in [0.25, 0.3) is 0 Å². The van der Waals surface area contributed by atoms with Crippen LogP contribution in [-0.4, -0.2) is 22.8 Å². The Labute approximate surface area is 139 Å². The summed E-state index contributed by atoms with van der Waals surface area (Å²) in [6, 6.07) is 17.8. The number of thiazole rings is 1. The maximum Gasteiger partial charge on any atom is 0.246 e. The molecule has 0 aliphatic rings. The highest BCUT2D eigenvalue weighted by Gasteiger charge is 2.19. The van der Waals surface area contributed by atoms with Crippen LogP contribution < -0.4 is 0 Å². The van der Waals surface area contributed by atoms with E-state index in [-0.39, 0.29) is 11.9 Å². The molecule has 1 aromatic heterocycles. The molecule has 0 spiro atoms. The molecule has 3 aromatic rings. The third-order valence-electron chi connectivity index (χ3n) is 3.81. The Hall–Kier alpha value is -2.46. The minimum atomic E-state index is -0.0553. The fraction of sp³-hybridized carbons (Fsp3) is 0.158. The van der Waals surface area contributed by atoms with Gasteiger partial charge in [-0.3, -0.25) is 4.79 Å². The van der Waals surface area contributed by atoms with E-state index < -0.39 is 0 Å². The van der Waals surface area contributed by atoms with E-state index in [1.165, 1.54) is 0 Å². The Morgan fingerprint density at radius 2 is 1.83 bits per heavy atom. The third kappa shape index (κ3) is 3.48. The van der Waals surface area contributed by atoms with Crippen LogP contribution in [0.4, 0.5) is 0 Å². The lowest BCUT2D eigenvalue weighted by Crippen LogP contribution is -2.27. The fourth-order valence-corrected chi connectivity index (χ4v) is 3.34. The zero-order chi connectivity index (χ0) is 16.2. The number of benzene rings is 2. The monoisotopic (exact) mass is 322 g/mol. The molecule has 0 saturated heterocycles. The molecule has 1 heterocycles. The second-order valence-electron chi connectivity index (χ2n) is 5.39. The van der Waals surface area contributed by atoms with Crippen molar-refractivity contribution in [1.29, 1.82) is 0 Å². The van der Waals surface area contributed by atoms with Gasteiger partial charge in [0.2, 0.25) is 5.91 Å². The summed E-state index contributed by atoms with van der Waals surface area (Å²) in [7, 11) is 1.81. The molecule has 0 saturated carbocycles. The molecule has 0 aliphatic heterocycles. The van der Waals surface area contributed by atoms with Crippen molar-refractivity contribution in [2.45, 2.75) is 13.0 Å². The zero-order valence-electron chi connectivity index (χ0n) is 13.1. The number of hydrogen-bond acceptors (Lipinski definition) is 3. The molecule has 4 heteroatoms. The Kier molecular flexibility index (Phi) is 4.53. The molecule has 1 amide bonds. The smallest absolute Gasteiger partial charge is 0.246 e. The second kappa shape index (κ2) is 6.75. The van der Waals surface area contributed by atoms with Gasteiger partial charge in [-0.05, 0) is 30.7 Å². The van der Waals surface area contributed by atoms with Crippen molar-refractivity contribution in [3.63, 3.8) is 0 Å². The highest BCUT2D eigenvalue weighted by atomic mass is 32.1. The summed E-state index contributed by atoms with van der Waals surface area (Å²) >= 11 is 1.64. The first-order valence-electron chi connectivity index (χ1n) is 7.50. The fourth-order valence-electron chi connectivity index (χ4n) is 2.27. The Balaban J connectivity index is 1.74. The first-order valence-corrected chi connectivity index (χ1v) is 8.32. The maximum atomic E-state index is 12.4. The van der Waals surface area contributed by atoms with Crippen LogP contribution in [0, 0.1) is 0 Å².